The molecule has 1 aliphatic heterocycles. The van der Waals surface area contributed by atoms with E-state index >= 15 is 0 Å². The third-order valence-electron chi connectivity index (χ3n) is 5.65. The van der Waals surface area contributed by atoms with E-state index in [4.69, 9.17) is 4.74 Å². The van der Waals surface area contributed by atoms with E-state index in [9.17, 15) is 19.5 Å². The summed E-state index contributed by atoms with van der Waals surface area (Å²) in [5, 5.41) is 15.4. The van der Waals surface area contributed by atoms with Gasteiger partial charge < -0.3 is 25.4 Å². The molecule has 3 N–H and O–H groups in total. The van der Waals surface area contributed by atoms with Crippen molar-refractivity contribution in [1.29, 1.82) is 0 Å². The molecule has 1 atom stereocenters. The van der Waals surface area contributed by atoms with Gasteiger partial charge in [-0.1, -0.05) is 24.3 Å². The van der Waals surface area contributed by atoms with Crippen molar-refractivity contribution in [1.82, 2.24) is 10.2 Å². The number of ether oxygens (including phenoxy) is 1. The van der Waals surface area contributed by atoms with Crippen molar-refractivity contribution in [2.45, 2.75) is 32.2 Å². The molecule has 1 fully saturated rings. The van der Waals surface area contributed by atoms with Crippen LogP contribution in [0.3, 0.4) is 0 Å². The summed E-state index contributed by atoms with van der Waals surface area (Å²) in [6.45, 7) is 2.36. The molecule has 2 aromatic rings. The van der Waals surface area contributed by atoms with Gasteiger partial charge in [0.2, 0.25) is 17.7 Å². The van der Waals surface area contributed by atoms with Gasteiger partial charge in [-0.25, -0.2) is 0 Å². The van der Waals surface area contributed by atoms with Gasteiger partial charge in [0.25, 0.3) is 0 Å². The highest BCUT2D eigenvalue weighted by atomic mass is 16.5. The van der Waals surface area contributed by atoms with Crippen LogP contribution in [-0.2, 0) is 14.4 Å². The first-order chi connectivity index (χ1) is 15.4. The molecule has 1 aliphatic rings. The van der Waals surface area contributed by atoms with E-state index in [1.165, 1.54) is 13.0 Å². The highest BCUT2D eigenvalue weighted by molar-refractivity contribution is 5.94. The number of likely N-dealkylation sites (tertiary alicyclic amines) is 1. The Morgan fingerprint density at radius 1 is 1.09 bits per heavy atom. The lowest BCUT2D eigenvalue weighted by Crippen LogP contribution is -2.43. The number of aromatic hydroxyl groups is 1. The van der Waals surface area contributed by atoms with Crippen LogP contribution in [0.25, 0.3) is 0 Å². The van der Waals surface area contributed by atoms with Crippen LogP contribution in [0, 0.1) is 5.92 Å². The standard InChI is InChI=1S/C24H29N3O5/c1-16(28)25-21(17-7-9-19(32-2)10-8-17)15-23(30)27-13-11-18(12-14-27)24(31)26-20-5-3-4-6-22(20)29/h3-10,18,21,29H,11-15H2,1-2H3,(H,25,28)(H,26,31)/t21-/m1/s1. The maximum Gasteiger partial charge on any atom is 0.227 e. The fourth-order valence-corrected chi connectivity index (χ4v) is 3.84. The summed E-state index contributed by atoms with van der Waals surface area (Å²) < 4.78 is 5.17. The first kappa shape index (κ1) is 23.1. The Morgan fingerprint density at radius 2 is 1.75 bits per heavy atom. The number of nitrogens with zero attached hydrogens (tertiary/aromatic N) is 1. The molecule has 8 heteroatoms. The molecule has 8 nitrogen and oxygen atoms in total. The van der Waals surface area contributed by atoms with E-state index < -0.39 is 6.04 Å². The predicted octanol–water partition coefficient (Wildman–Crippen LogP) is 2.85. The SMILES string of the molecule is COc1ccc([C@@H](CC(=O)N2CCC(C(=O)Nc3ccccc3O)CC2)NC(C)=O)cc1. The van der Waals surface area contributed by atoms with Gasteiger partial charge in [0.15, 0.2) is 0 Å². The molecular weight excluding hydrogens is 410 g/mol. The van der Waals surface area contributed by atoms with Crippen LogP contribution in [0.1, 0.15) is 37.8 Å². The summed E-state index contributed by atoms with van der Waals surface area (Å²) in [6.07, 6.45) is 1.22. The molecule has 0 spiro atoms. The third kappa shape index (κ3) is 6.00. The van der Waals surface area contributed by atoms with Crippen LogP contribution < -0.4 is 15.4 Å². The number of para-hydroxylation sites is 2. The maximum atomic E-state index is 12.9. The van der Waals surface area contributed by atoms with Crippen LogP contribution in [0.5, 0.6) is 11.5 Å². The number of phenolic OH excluding ortho intramolecular Hbond substituents is 1. The van der Waals surface area contributed by atoms with E-state index in [0.29, 0.717) is 37.4 Å². The zero-order valence-corrected chi connectivity index (χ0v) is 18.3. The van der Waals surface area contributed by atoms with E-state index in [2.05, 4.69) is 10.6 Å². The molecule has 0 unspecified atom stereocenters. The first-order valence-corrected chi connectivity index (χ1v) is 10.6. The lowest BCUT2D eigenvalue weighted by atomic mass is 9.94. The fourth-order valence-electron chi connectivity index (χ4n) is 3.84. The molecule has 2 aromatic carbocycles. The van der Waals surface area contributed by atoms with Crippen molar-refractivity contribution in [3.63, 3.8) is 0 Å². The summed E-state index contributed by atoms with van der Waals surface area (Å²) in [5.74, 6) is 0.0541. The summed E-state index contributed by atoms with van der Waals surface area (Å²) in [6, 6.07) is 13.4. The lowest BCUT2D eigenvalue weighted by molar-refractivity contribution is -0.135. The van der Waals surface area contributed by atoms with Gasteiger partial charge in [-0.05, 0) is 42.7 Å². The monoisotopic (exact) mass is 439 g/mol. The summed E-state index contributed by atoms with van der Waals surface area (Å²) in [5.41, 5.74) is 1.21. The minimum Gasteiger partial charge on any atom is -0.506 e. The van der Waals surface area contributed by atoms with Crippen LogP contribution >= 0.6 is 0 Å². The number of benzene rings is 2. The second kappa shape index (κ2) is 10.7. The number of nitrogens with one attached hydrogen (secondary N) is 2. The van der Waals surface area contributed by atoms with Crippen LogP contribution in [-0.4, -0.2) is 47.9 Å². The number of carbonyl (C=O) groups is 3. The average molecular weight is 440 g/mol. The minimum atomic E-state index is -0.437. The van der Waals surface area contributed by atoms with Crippen molar-refractivity contribution in [3.8, 4) is 11.5 Å². The molecule has 3 rings (SSSR count). The van der Waals surface area contributed by atoms with Crippen molar-refractivity contribution < 1.29 is 24.2 Å². The minimum absolute atomic E-state index is 0.0241. The molecule has 170 valence electrons. The molecule has 1 saturated heterocycles. The number of carbonyl (C=O) groups excluding carboxylic acids is 3. The Kier molecular flexibility index (Phi) is 7.70. The Bertz CT molecular complexity index is 952. The molecule has 0 radical (unpaired) electrons. The van der Waals surface area contributed by atoms with Gasteiger partial charge in [-0.3, -0.25) is 14.4 Å². The third-order valence-corrected chi connectivity index (χ3v) is 5.65. The van der Waals surface area contributed by atoms with E-state index in [-0.39, 0.29) is 35.8 Å². The van der Waals surface area contributed by atoms with E-state index in [1.807, 2.05) is 12.1 Å². The highest BCUT2D eigenvalue weighted by Gasteiger charge is 2.29. The number of hydrogen-bond donors (Lipinski definition) is 3. The lowest BCUT2D eigenvalue weighted by Gasteiger charge is -2.32. The van der Waals surface area contributed by atoms with Crippen LogP contribution in [0.15, 0.2) is 48.5 Å². The molecule has 0 saturated carbocycles. The number of amides is 3. The largest absolute Gasteiger partial charge is 0.506 e. The number of piperidine rings is 1. The zero-order valence-electron chi connectivity index (χ0n) is 18.3. The first-order valence-electron chi connectivity index (χ1n) is 10.6. The van der Waals surface area contributed by atoms with Crippen molar-refractivity contribution in [3.05, 3.63) is 54.1 Å². The quantitative estimate of drug-likeness (QED) is 0.575. The van der Waals surface area contributed by atoms with Crippen molar-refractivity contribution >= 4 is 23.4 Å². The van der Waals surface area contributed by atoms with Gasteiger partial charge in [0.1, 0.15) is 11.5 Å². The fraction of sp³-hybridized carbons (Fsp3) is 0.375. The summed E-state index contributed by atoms with van der Waals surface area (Å²) in [7, 11) is 1.58. The predicted molar refractivity (Wildman–Crippen MR) is 120 cm³/mol. The number of rotatable bonds is 7. The Morgan fingerprint density at radius 3 is 2.34 bits per heavy atom. The number of methoxy groups -OCH3 is 1. The second-order valence-corrected chi connectivity index (χ2v) is 7.89. The van der Waals surface area contributed by atoms with Gasteiger partial charge in [0.05, 0.1) is 25.3 Å². The molecule has 3 amide bonds. The van der Waals surface area contributed by atoms with Gasteiger partial charge in [0, 0.05) is 25.9 Å². The Hall–Kier alpha value is -3.55. The van der Waals surface area contributed by atoms with Crippen molar-refractivity contribution in [2.24, 2.45) is 5.92 Å². The molecular formula is C24H29N3O5. The van der Waals surface area contributed by atoms with E-state index in [1.54, 1.807) is 42.3 Å². The Balaban J connectivity index is 1.56. The smallest absolute Gasteiger partial charge is 0.227 e. The number of hydrogen-bond acceptors (Lipinski definition) is 5. The maximum absolute atomic E-state index is 12.9. The Labute approximate surface area is 187 Å². The second-order valence-electron chi connectivity index (χ2n) is 7.89. The normalized spacial score (nSPS) is 15.0. The van der Waals surface area contributed by atoms with Crippen LogP contribution in [0.4, 0.5) is 5.69 Å². The average Bonchev–Trinajstić information content (AvgIpc) is 2.80. The zero-order chi connectivity index (χ0) is 23.1. The number of anilines is 1. The number of phenols is 1. The van der Waals surface area contributed by atoms with Gasteiger partial charge in [-0.2, -0.15) is 0 Å². The van der Waals surface area contributed by atoms with Gasteiger partial charge >= 0.3 is 0 Å². The topological polar surface area (TPSA) is 108 Å². The van der Waals surface area contributed by atoms with Crippen molar-refractivity contribution in [2.75, 3.05) is 25.5 Å². The summed E-state index contributed by atoms with van der Waals surface area (Å²) in [4.78, 5) is 38.9. The molecule has 32 heavy (non-hydrogen) atoms. The molecule has 0 aromatic heterocycles. The highest BCUT2D eigenvalue weighted by Crippen LogP contribution is 2.26. The summed E-state index contributed by atoms with van der Waals surface area (Å²) >= 11 is 0. The molecule has 1 heterocycles. The molecule has 0 aliphatic carbocycles. The van der Waals surface area contributed by atoms with Crippen LogP contribution in [0.2, 0.25) is 0 Å². The van der Waals surface area contributed by atoms with Gasteiger partial charge in [-0.15, -0.1) is 0 Å². The van der Waals surface area contributed by atoms with E-state index in [0.717, 1.165) is 5.56 Å². The molecule has 0 bridgehead atoms.